The van der Waals surface area contributed by atoms with Crippen LogP contribution in [0.1, 0.15) is 12.8 Å². The molecule has 0 aliphatic carbocycles. The van der Waals surface area contributed by atoms with E-state index in [0.29, 0.717) is 0 Å². The van der Waals surface area contributed by atoms with E-state index >= 15 is 0 Å². The molecule has 0 radical (unpaired) electrons. The van der Waals surface area contributed by atoms with E-state index in [9.17, 15) is 19.2 Å². The monoisotopic (exact) mass is 321 g/mol. The number of rotatable bonds is 9. The zero-order chi connectivity index (χ0) is 16.4. The fourth-order valence-corrected chi connectivity index (χ4v) is 1.48. The van der Waals surface area contributed by atoms with E-state index in [4.69, 9.17) is 10.8 Å². The van der Waals surface area contributed by atoms with E-state index in [1.54, 1.807) is 0 Å². The number of amides is 2. The summed E-state index contributed by atoms with van der Waals surface area (Å²) in [6.45, 7) is -0.320. The van der Waals surface area contributed by atoms with Crippen molar-refractivity contribution in [3.05, 3.63) is 0 Å². The zero-order valence-electron chi connectivity index (χ0n) is 11.5. The predicted molar refractivity (Wildman–Crippen MR) is 75.7 cm³/mol. The summed E-state index contributed by atoms with van der Waals surface area (Å²) in [4.78, 5) is 44.6. The number of carbonyl (C=O) groups excluding carboxylic acids is 3. The van der Waals surface area contributed by atoms with Gasteiger partial charge in [0.15, 0.2) is 0 Å². The van der Waals surface area contributed by atoms with Crippen LogP contribution in [-0.4, -0.2) is 60.4 Å². The first-order valence-corrected chi connectivity index (χ1v) is 6.68. The van der Waals surface area contributed by atoms with Gasteiger partial charge in [0.25, 0.3) is 0 Å². The Bertz CT molecular complexity index is 403. The maximum Gasteiger partial charge on any atom is 0.325 e. The normalized spacial score (nSPS) is 12.9. The minimum absolute atomic E-state index is 0.0176. The lowest BCUT2D eigenvalue weighted by Gasteiger charge is -2.16. The number of ether oxygens (including phenoxy) is 1. The molecule has 10 heteroatoms. The average molecular weight is 321 g/mol. The maximum atomic E-state index is 11.7. The molecule has 9 nitrogen and oxygen atoms in total. The summed E-state index contributed by atoms with van der Waals surface area (Å²) < 4.78 is 4.35. The van der Waals surface area contributed by atoms with Crippen molar-refractivity contribution in [1.29, 1.82) is 0 Å². The van der Waals surface area contributed by atoms with Crippen LogP contribution in [0.5, 0.6) is 0 Å². The minimum Gasteiger partial charge on any atom is -0.480 e. The minimum atomic E-state index is -1.20. The number of esters is 1. The molecule has 0 aromatic heterocycles. The molecular formula is C11H19N3O6S. The standard InChI is InChI=1S/C11H19N3O6S/c1-20-9(16)4-13-10(17)7(5-21)14-8(15)3-2-6(12)11(18)19/h6-7,21H,2-5,12H2,1H3,(H,13,17)(H,14,15)(H,18,19)/t6-,7-/m0/s1. The largest absolute Gasteiger partial charge is 0.480 e. The van der Waals surface area contributed by atoms with E-state index in [2.05, 4.69) is 28.0 Å². The Hall–Kier alpha value is -1.81. The molecule has 0 spiro atoms. The van der Waals surface area contributed by atoms with Crippen molar-refractivity contribution in [3.63, 3.8) is 0 Å². The summed E-state index contributed by atoms with van der Waals surface area (Å²) in [6, 6.07) is -2.08. The Kier molecular flexibility index (Phi) is 9.13. The molecule has 0 aromatic rings. The Morgan fingerprint density at radius 3 is 2.43 bits per heavy atom. The van der Waals surface area contributed by atoms with Gasteiger partial charge in [0, 0.05) is 12.2 Å². The van der Waals surface area contributed by atoms with Gasteiger partial charge in [0.1, 0.15) is 18.6 Å². The van der Waals surface area contributed by atoms with Crippen LogP contribution in [0.25, 0.3) is 0 Å². The van der Waals surface area contributed by atoms with Crippen molar-refractivity contribution in [2.45, 2.75) is 24.9 Å². The van der Waals surface area contributed by atoms with Crippen molar-refractivity contribution < 1.29 is 29.0 Å². The highest BCUT2D eigenvalue weighted by atomic mass is 32.1. The van der Waals surface area contributed by atoms with Crippen LogP contribution >= 0.6 is 12.6 Å². The number of nitrogens with one attached hydrogen (secondary N) is 2. The maximum absolute atomic E-state index is 11.7. The van der Waals surface area contributed by atoms with Crippen molar-refractivity contribution in [3.8, 4) is 0 Å². The second kappa shape index (κ2) is 10.00. The van der Waals surface area contributed by atoms with Crippen molar-refractivity contribution in [2.75, 3.05) is 19.4 Å². The van der Waals surface area contributed by atoms with E-state index < -0.39 is 35.8 Å². The highest BCUT2D eigenvalue weighted by molar-refractivity contribution is 7.80. The van der Waals surface area contributed by atoms with Crippen molar-refractivity contribution in [1.82, 2.24) is 10.6 Å². The molecule has 0 aromatic carbocycles. The first-order valence-electron chi connectivity index (χ1n) is 6.05. The van der Waals surface area contributed by atoms with Gasteiger partial charge in [0.2, 0.25) is 11.8 Å². The second-order valence-corrected chi connectivity index (χ2v) is 4.45. The number of carboxylic acid groups (broad SMARTS) is 1. The van der Waals surface area contributed by atoms with Crippen LogP contribution in [0.3, 0.4) is 0 Å². The first-order chi connectivity index (χ1) is 9.81. The molecule has 0 saturated carbocycles. The Balaban J connectivity index is 4.23. The second-order valence-electron chi connectivity index (χ2n) is 4.08. The fourth-order valence-electron chi connectivity index (χ4n) is 1.23. The molecule has 0 fully saturated rings. The number of thiol groups is 1. The lowest BCUT2D eigenvalue weighted by molar-refractivity contribution is -0.141. The van der Waals surface area contributed by atoms with Crippen molar-refractivity contribution >= 4 is 36.4 Å². The molecule has 2 atom stereocenters. The van der Waals surface area contributed by atoms with Crippen LogP contribution < -0.4 is 16.4 Å². The molecule has 0 aliphatic rings. The molecule has 0 bridgehead atoms. The molecule has 0 unspecified atom stereocenters. The Morgan fingerprint density at radius 2 is 1.95 bits per heavy atom. The van der Waals surface area contributed by atoms with Gasteiger partial charge in [-0.3, -0.25) is 19.2 Å². The summed E-state index contributed by atoms with van der Waals surface area (Å²) in [6.07, 6.45) is -0.188. The molecular weight excluding hydrogens is 302 g/mol. The van der Waals surface area contributed by atoms with Crippen LogP contribution in [0.2, 0.25) is 0 Å². The lowest BCUT2D eigenvalue weighted by atomic mass is 10.1. The molecule has 0 saturated heterocycles. The summed E-state index contributed by atoms with van der Waals surface area (Å²) in [5.74, 6) is -2.93. The molecule has 120 valence electrons. The van der Waals surface area contributed by atoms with Crippen LogP contribution in [-0.2, 0) is 23.9 Å². The van der Waals surface area contributed by atoms with Gasteiger partial charge in [-0.2, -0.15) is 12.6 Å². The highest BCUT2D eigenvalue weighted by Gasteiger charge is 2.21. The van der Waals surface area contributed by atoms with Gasteiger partial charge in [-0.1, -0.05) is 0 Å². The van der Waals surface area contributed by atoms with Gasteiger partial charge in [0.05, 0.1) is 7.11 Å². The van der Waals surface area contributed by atoms with Crippen molar-refractivity contribution in [2.24, 2.45) is 5.73 Å². The van der Waals surface area contributed by atoms with Gasteiger partial charge < -0.3 is 26.2 Å². The van der Waals surface area contributed by atoms with Gasteiger partial charge >= 0.3 is 11.9 Å². The summed E-state index contributed by atoms with van der Waals surface area (Å²) >= 11 is 3.93. The molecule has 5 N–H and O–H groups in total. The summed E-state index contributed by atoms with van der Waals surface area (Å²) in [5.41, 5.74) is 5.26. The molecule has 2 amide bonds. The van der Waals surface area contributed by atoms with Crippen LogP contribution in [0.4, 0.5) is 0 Å². The third-order valence-corrected chi connectivity index (χ3v) is 2.83. The quantitative estimate of drug-likeness (QED) is 0.241. The topological polar surface area (TPSA) is 148 Å². The molecule has 21 heavy (non-hydrogen) atoms. The molecule has 0 rings (SSSR count). The average Bonchev–Trinajstić information content (AvgIpc) is 2.46. The predicted octanol–water partition coefficient (Wildman–Crippen LogP) is -2.12. The third-order valence-electron chi connectivity index (χ3n) is 2.47. The van der Waals surface area contributed by atoms with Crippen LogP contribution in [0.15, 0.2) is 0 Å². The Morgan fingerprint density at radius 1 is 1.33 bits per heavy atom. The first kappa shape index (κ1) is 19.2. The van der Waals surface area contributed by atoms with E-state index in [0.717, 1.165) is 0 Å². The van der Waals surface area contributed by atoms with Gasteiger partial charge in [-0.15, -0.1) is 0 Å². The number of carboxylic acids is 1. The highest BCUT2D eigenvalue weighted by Crippen LogP contribution is 1.97. The molecule has 0 heterocycles. The van der Waals surface area contributed by atoms with E-state index in [1.165, 1.54) is 7.11 Å². The van der Waals surface area contributed by atoms with Crippen LogP contribution in [0, 0.1) is 0 Å². The van der Waals surface area contributed by atoms with E-state index in [1.807, 2.05) is 0 Å². The summed E-state index contributed by atoms with van der Waals surface area (Å²) in [5, 5.41) is 13.2. The summed E-state index contributed by atoms with van der Waals surface area (Å²) in [7, 11) is 1.18. The number of aliphatic carboxylic acids is 1. The smallest absolute Gasteiger partial charge is 0.325 e. The fraction of sp³-hybridized carbons (Fsp3) is 0.636. The number of hydrogen-bond acceptors (Lipinski definition) is 7. The van der Waals surface area contributed by atoms with Gasteiger partial charge in [-0.25, -0.2) is 0 Å². The van der Waals surface area contributed by atoms with E-state index in [-0.39, 0.29) is 25.1 Å². The SMILES string of the molecule is COC(=O)CNC(=O)[C@H](CS)NC(=O)CC[C@H](N)C(=O)O. The number of carbonyl (C=O) groups is 4. The lowest BCUT2D eigenvalue weighted by Crippen LogP contribution is -2.49. The Labute approximate surface area is 127 Å². The number of hydrogen-bond donors (Lipinski definition) is 5. The number of methoxy groups -OCH3 is 1. The van der Waals surface area contributed by atoms with Gasteiger partial charge in [-0.05, 0) is 6.42 Å². The zero-order valence-corrected chi connectivity index (χ0v) is 12.4. The number of nitrogens with two attached hydrogens (primary N) is 1. The third kappa shape index (κ3) is 8.15. The molecule has 0 aliphatic heterocycles.